The third-order valence-electron chi connectivity index (χ3n) is 5.19. The van der Waals surface area contributed by atoms with Gasteiger partial charge < -0.3 is 24.6 Å². The van der Waals surface area contributed by atoms with Crippen LogP contribution >= 0.6 is 0 Å². The molecule has 0 saturated carbocycles. The molecule has 2 aromatic rings. The molecule has 0 bridgehead atoms. The third kappa shape index (κ3) is 5.58. The summed E-state index contributed by atoms with van der Waals surface area (Å²) < 4.78 is 85.7. The lowest BCUT2D eigenvalue weighted by Crippen LogP contribution is -2.49. The van der Waals surface area contributed by atoms with Crippen molar-refractivity contribution in [3.05, 3.63) is 62.8 Å². The summed E-state index contributed by atoms with van der Waals surface area (Å²) in [6.45, 7) is -1.38. The second kappa shape index (κ2) is 9.98. The first-order valence-electron chi connectivity index (χ1n) is 10.2. The van der Waals surface area contributed by atoms with E-state index in [0.717, 1.165) is 10.8 Å². The standard InChI is InChI=1S/C21H19F6N3O5/c1-2-35-8-11-6-29(9-21(25,26)27)20(34)16-18(32)17(31)13(7-30(11)16)19(33)28-5-12-14(23)3-10(22)4-15(12)24/h3-4,7,11,32H,2,5-6,8-9H2,1H3,(H,28,33)/t11-/m0/s1. The summed E-state index contributed by atoms with van der Waals surface area (Å²) in [5.74, 6) is -7.52. The summed E-state index contributed by atoms with van der Waals surface area (Å²) >= 11 is 0. The van der Waals surface area contributed by atoms with Crippen LogP contribution < -0.4 is 10.7 Å². The van der Waals surface area contributed by atoms with Crippen LogP contribution in [0.3, 0.4) is 0 Å². The van der Waals surface area contributed by atoms with E-state index in [9.17, 15) is 45.8 Å². The lowest BCUT2D eigenvalue weighted by atomic mass is 10.1. The summed E-state index contributed by atoms with van der Waals surface area (Å²) in [6, 6.07) is -0.225. The van der Waals surface area contributed by atoms with E-state index in [1.807, 2.05) is 0 Å². The zero-order valence-electron chi connectivity index (χ0n) is 18.1. The molecule has 2 N–H and O–H groups in total. The number of hydrogen-bond donors (Lipinski definition) is 2. The fourth-order valence-electron chi connectivity index (χ4n) is 3.60. The van der Waals surface area contributed by atoms with Gasteiger partial charge in [-0.3, -0.25) is 14.4 Å². The first-order chi connectivity index (χ1) is 16.3. The number of fused-ring (bicyclic) bond motifs is 1. The minimum atomic E-state index is -4.76. The van der Waals surface area contributed by atoms with E-state index in [4.69, 9.17) is 4.74 Å². The number of amides is 2. The monoisotopic (exact) mass is 507 g/mol. The Bertz CT molecular complexity index is 1190. The summed E-state index contributed by atoms with van der Waals surface area (Å²) in [5, 5.41) is 12.4. The molecule has 0 radical (unpaired) electrons. The molecular weight excluding hydrogens is 488 g/mol. The largest absolute Gasteiger partial charge is 0.503 e. The van der Waals surface area contributed by atoms with Crippen LogP contribution in [-0.2, 0) is 11.3 Å². The fourth-order valence-corrected chi connectivity index (χ4v) is 3.60. The molecule has 2 heterocycles. The summed E-state index contributed by atoms with van der Waals surface area (Å²) in [7, 11) is 0. The topological polar surface area (TPSA) is 101 Å². The number of alkyl halides is 3. The first kappa shape index (κ1) is 26.1. The van der Waals surface area contributed by atoms with E-state index in [2.05, 4.69) is 5.32 Å². The van der Waals surface area contributed by atoms with Gasteiger partial charge in [0.25, 0.3) is 11.8 Å². The van der Waals surface area contributed by atoms with Gasteiger partial charge in [0.2, 0.25) is 5.43 Å². The van der Waals surface area contributed by atoms with Crippen LogP contribution in [0.25, 0.3) is 0 Å². The molecule has 1 aliphatic heterocycles. The maximum Gasteiger partial charge on any atom is 0.406 e. The number of aromatic hydroxyl groups is 1. The van der Waals surface area contributed by atoms with E-state index in [-0.39, 0.29) is 13.2 Å². The maximum atomic E-state index is 13.8. The van der Waals surface area contributed by atoms with Crippen molar-refractivity contribution < 1.29 is 45.8 Å². The zero-order valence-corrected chi connectivity index (χ0v) is 18.1. The minimum Gasteiger partial charge on any atom is -0.503 e. The lowest BCUT2D eigenvalue weighted by Gasteiger charge is -2.36. The van der Waals surface area contributed by atoms with Crippen LogP contribution in [0.2, 0.25) is 0 Å². The van der Waals surface area contributed by atoms with Crippen molar-refractivity contribution in [1.82, 2.24) is 14.8 Å². The second-order valence-corrected chi connectivity index (χ2v) is 7.62. The van der Waals surface area contributed by atoms with Crippen molar-refractivity contribution in [3.63, 3.8) is 0 Å². The van der Waals surface area contributed by atoms with Crippen LogP contribution in [0, 0.1) is 17.5 Å². The smallest absolute Gasteiger partial charge is 0.406 e. The van der Waals surface area contributed by atoms with E-state index in [0.29, 0.717) is 17.0 Å². The average molecular weight is 507 g/mol. The summed E-state index contributed by atoms with van der Waals surface area (Å²) in [5.41, 5.74) is -3.59. The summed E-state index contributed by atoms with van der Waals surface area (Å²) in [6.07, 6.45) is -3.90. The van der Waals surface area contributed by atoms with Gasteiger partial charge in [0, 0.05) is 43.6 Å². The van der Waals surface area contributed by atoms with Gasteiger partial charge in [-0.1, -0.05) is 0 Å². The molecule has 1 aromatic carbocycles. The van der Waals surface area contributed by atoms with Crippen molar-refractivity contribution in [1.29, 1.82) is 0 Å². The van der Waals surface area contributed by atoms with Crippen LogP contribution in [-0.4, -0.2) is 58.9 Å². The predicted molar refractivity (Wildman–Crippen MR) is 107 cm³/mol. The Hall–Kier alpha value is -3.55. The molecule has 190 valence electrons. The molecule has 1 aromatic heterocycles. The third-order valence-corrected chi connectivity index (χ3v) is 5.19. The Morgan fingerprint density at radius 2 is 1.83 bits per heavy atom. The average Bonchev–Trinajstić information content (AvgIpc) is 2.74. The van der Waals surface area contributed by atoms with Gasteiger partial charge in [-0.15, -0.1) is 0 Å². The van der Waals surface area contributed by atoms with Crippen molar-refractivity contribution in [2.75, 3.05) is 26.3 Å². The minimum absolute atomic E-state index is 0.160. The van der Waals surface area contributed by atoms with Gasteiger partial charge in [0.15, 0.2) is 11.4 Å². The molecule has 0 spiro atoms. The number of nitrogens with one attached hydrogen (secondary N) is 1. The van der Waals surface area contributed by atoms with E-state index in [1.54, 1.807) is 6.92 Å². The normalized spacial score (nSPS) is 15.8. The second-order valence-electron chi connectivity index (χ2n) is 7.62. The first-order valence-corrected chi connectivity index (χ1v) is 10.2. The van der Waals surface area contributed by atoms with E-state index in [1.165, 1.54) is 0 Å². The van der Waals surface area contributed by atoms with Crippen LogP contribution in [0.4, 0.5) is 26.3 Å². The summed E-state index contributed by atoms with van der Waals surface area (Å²) in [4.78, 5) is 38.2. The predicted octanol–water partition coefficient (Wildman–Crippen LogP) is 2.50. The molecule has 3 rings (SSSR count). The number of aromatic nitrogens is 1. The molecule has 1 atom stereocenters. The van der Waals surface area contributed by atoms with Gasteiger partial charge in [-0.2, -0.15) is 13.2 Å². The fraction of sp³-hybridized carbons (Fsp3) is 0.381. The highest BCUT2D eigenvalue weighted by Gasteiger charge is 2.41. The quantitative estimate of drug-likeness (QED) is 0.561. The Labute approximate surface area is 193 Å². The molecule has 0 saturated heterocycles. The van der Waals surface area contributed by atoms with Crippen molar-refractivity contribution in [2.24, 2.45) is 0 Å². The van der Waals surface area contributed by atoms with E-state index >= 15 is 0 Å². The molecule has 0 fully saturated rings. The molecule has 14 heteroatoms. The van der Waals surface area contributed by atoms with Crippen LogP contribution in [0.15, 0.2) is 23.1 Å². The number of carbonyl (C=O) groups is 2. The Morgan fingerprint density at radius 3 is 2.40 bits per heavy atom. The van der Waals surface area contributed by atoms with Crippen molar-refractivity contribution >= 4 is 11.8 Å². The SMILES string of the molecule is CCOC[C@@H]1CN(CC(F)(F)F)C(=O)c2c(O)c(=O)c(C(=O)NCc3c(F)cc(F)cc3F)cn21. The molecule has 0 aliphatic carbocycles. The van der Waals surface area contributed by atoms with Gasteiger partial charge in [-0.05, 0) is 6.92 Å². The number of ether oxygens (including phenoxy) is 1. The van der Waals surface area contributed by atoms with Gasteiger partial charge in [0.05, 0.1) is 12.6 Å². The highest BCUT2D eigenvalue weighted by molar-refractivity contribution is 5.99. The maximum absolute atomic E-state index is 13.8. The molecule has 35 heavy (non-hydrogen) atoms. The molecule has 8 nitrogen and oxygen atoms in total. The van der Waals surface area contributed by atoms with Gasteiger partial charge >= 0.3 is 6.18 Å². The van der Waals surface area contributed by atoms with Crippen molar-refractivity contribution in [2.45, 2.75) is 25.7 Å². The Kier molecular flexibility index (Phi) is 7.43. The number of halogens is 6. The van der Waals surface area contributed by atoms with E-state index < -0.39 is 89.1 Å². The number of carbonyl (C=O) groups excluding carboxylic acids is 2. The number of rotatable bonds is 7. The molecule has 2 amide bonds. The van der Waals surface area contributed by atoms with Gasteiger partial charge in [0.1, 0.15) is 29.6 Å². The van der Waals surface area contributed by atoms with Gasteiger partial charge in [-0.25, -0.2) is 13.2 Å². The number of pyridine rings is 1. The molecule has 0 unspecified atom stereocenters. The zero-order chi connectivity index (χ0) is 26.1. The number of benzene rings is 1. The Balaban J connectivity index is 1.97. The molecular formula is C21H19F6N3O5. The number of nitrogens with zero attached hydrogens (tertiary/aromatic N) is 2. The highest BCUT2D eigenvalue weighted by Crippen LogP contribution is 2.29. The number of hydrogen-bond acceptors (Lipinski definition) is 5. The van der Waals surface area contributed by atoms with Crippen molar-refractivity contribution in [3.8, 4) is 5.75 Å². The lowest BCUT2D eigenvalue weighted by molar-refractivity contribution is -0.143. The van der Waals surface area contributed by atoms with Crippen LogP contribution in [0.1, 0.15) is 39.4 Å². The molecule has 1 aliphatic rings. The van der Waals surface area contributed by atoms with Crippen LogP contribution in [0.5, 0.6) is 5.75 Å². The highest BCUT2D eigenvalue weighted by atomic mass is 19.4. The Morgan fingerprint density at radius 1 is 1.20 bits per heavy atom.